The molecule has 0 saturated heterocycles. The van der Waals surface area contributed by atoms with Gasteiger partial charge >= 0.3 is 0 Å². The Hall–Kier alpha value is -0.540. The minimum Gasteiger partial charge on any atom is -0.492 e. The predicted octanol–water partition coefficient (Wildman–Crippen LogP) is 4.16. The molecule has 0 spiro atoms. The average Bonchev–Trinajstić information content (AvgIpc) is 2.35. The highest BCUT2D eigenvalue weighted by Gasteiger charge is 2.15. The summed E-state index contributed by atoms with van der Waals surface area (Å²) in [6.45, 7) is 8.02. The van der Waals surface area contributed by atoms with Crippen LogP contribution in [0.5, 0.6) is 5.75 Å². The van der Waals surface area contributed by atoms with E-state index in [4.69, 9.17) is 10.5 Å². The van der Waals surface area contributed by atoms with Crippen LogP contribution in [0.15, 0.2) is 22.7 Å². The van der Waals surface area contributed by atoms with Crippen molar-refractivity contribution >= 4 is 15.9 Å². The lowest BCUT2D eigenvalue weighted by atomic mass is 9.86. The molecular weight excluding hydrogens is 290 g/mol. The number of rotatable bonds is 7. The first-order valence-corrected chi connectivity index (χ1v) is 7.39. The van der Waals surface area contributed by atoms with E-state index in [0.29, 0.717) is 0 Å². The maximum absolute atomic E-state index is 5.75. The molecular formula is C15H24BrNO. The summed E-state index contributed by atoms with van der Waals surface area (Å²) in [5.74, 6) is 0.929. The third kappa shape index (κ3) is 4.99. The number of ether oxygens (including phenoxy) is 1. The van der Waals surface area contributed by atoms with Crippen molar-refractivity contribution in [1.82, 2.24) is 0 Å². The lowest BCUT2D eigenvalue weighted by Crippen LogP contribution is -2.24. The Morgan fingerprint density at radius 2 is 2.06 bits per heavy atom. The standard InChI is InChI=1S/C15H24BrNO/c1-4-9-18-14-6-5-12(10-13(14)16)7-8-15(2,3)11-17/h5-6,10H,4,7-9,11,17H2,1-3H3. The van der Waals surface area contributed by atoms with Crippen molar-refractivity contribution in [3.63, 3.8) is 0 Å². The van der Waals surface area contributed by atoms with Crippen molar-refractivity contribution < 1.29 is 4.74 Å². The summed E-state index contributed by atoms with van der Waals surface area (Å²) >= 11 is 3.57. The van der Waals surface area contributed by atoms with Crippen molar-refractivity contribution in [3.8, 4) is 5.75 Å². The third-order valence-electron chi connectivity index (χ3n) is 3.10. The minimum absolute atomic E-state index is 0.212. The quantitative estimate of drug-likeness (QED) is 0.820. The number of aryl methyl sites for hydroxylation is 1. The average molecular weight is 314 g/mol. The minimum atomic E-state index is 0.212. The number of hydrogen-bond acceptors (Lipinski definition) is 2. The molecule has 2 N–H and O–H groups in total. The monoisotopic (exact) mass is 313 g/mol. The number of hydrogen-bond donors (Lipinski definition) is 1. The maximum atomic E-state index is 5.75. The second-order valence-corrected chi connectivity index (χ2v) is 6.34. The van der Waals surface area contributed by atoms with E-state index in [-0.39, 0.29) is 5.41 Å². The number of nitrogens with two attached hydrogens (primary N) is 1. The zero-order valence-corrected chi connectivity index (χ0v) is 13.2. The van der Waals surface area contributed by atoms with Crippen LogP contribution >= 0.6 is 15.9 Å². The van der Waals surface area contributed by atoms with Crippen LogP contribution in [0.4, 0.5) is 0 Å². The van der Waals surface area contributed by atoms with Gasteiger partial charge in [0.15, 0.2) is 0 Å². The summed E-state index contributed by atoms with van der Waals surface area (Å²) in [5, 5.41) is 0. The van der Waals surface area contributed by atoms with Crippen molar-refractivity contribution in [2.24, 2.45) is 11.1 Å². The molecule has 0 aliphatic rings. The molecule has 0 atom stereocenters. The highest BCUT2D eigenvalue weighted by molar-refractivity contribution is 9.10. The second-order valence-electron chi connectivity index (χ2n) is 5.48. The Kier molecular flexibility index (Phi) is 6.16. The summed E-state index contributed by atoms with van der Waals surface area (Å²) in [4.78, 5) is 0. The largest absolute Gasteiger partial charge is 0.492 e. The highest BCUT2D eigenvalue weighted by atomic mass is 79.9. The highest BCUT2D eigenvalue weighted by Crippen LogP contribution is 2.28. The van der Waals surface area contributed by atoms with Crippen molar-refractivity contribution in [3.05, 3.63) is 28.2 Å². The van der Waals surface area contributed by atoms with Gasteiger partial charge in [-0.05, 0) is 64.8 Å². The summed E-state index contributed by atoms with van der Waals surface area (Å²) in [6.07, 6.45) is 3.18. The van der Waals surface area contributed by atoms with Gasteiger partial charge in [-0.25, -0.2) is 0 Å². The summed E-state index contributed by atoms with van der Waals surface area (Å²) in [5.41, 5.74) is 7.29. The van der Waals surface area contributed by atoms with Gasteiger partial charge in [-0.1, -0.05) is 26.8 Å². The van der Waals surface area contributed by atoms with Crippen LogP contribution < -0.4 is 10.5 Å². The molecule has 0 amide bonds. The Labute approximate surface area is 119 Å². The zero-order chi connectivity index (χ0) is 13.6. The van der Waals surface area contributed by atoms with Crippen LogP contribution in [0.3, 0.4) is 0 Å². The summed E-state index contributed by atoms with van der Waals surface area (Å²) in [6, 6.07) is 6.34. The molecule has 0 aliphatic heterocycles. The summed E-state index contributed by atoms with van der Waals surface area (Å²) in [7, 11) is 0. The van der Waals surface area contributed by atoms with Crippen LogP contribution in [-0.2, 0) is 6.42 Å². The molecule has 2 nitrogen and oxygen atoms in total. The van der Waals surface area contributed by atoms with Crippen molar-refractivity contribution in [2.45, 2.75) is 40.0 Å². The molecule has 0 bridgehead atoms. The molecule has 0 radical (unpaired) electrons. The molecule has 0 aliphatic carbocycles. The molecule has 1 aromatic carbocycles. The normalized spacial score (nSPS) is 11.6. The van der Waals surface area contributed by atoms with Gasteiger partial charge in [0.2, 0.25) is 0 Å². The first-order valence-electron chi connectivity index (χ1n) is 6.60. The summed E-state index contributed by atoms with van der Waals surface area (Å²) < 4.78 is 6.68. The molecule has 0 fully saturated rings. The molecule has 1 rings (SSSR count). The van der Waals surface area contributed by atoms with Crippen LogP contribution in [0.1, 0.15) is 39.2 Å². The van der Waals surface area contributed by atoms with E-state index in [1.807, 2.05) is 6.07 Å². The lowest BCUT2D eigenvalue weighted by molar-refractivity contribution is 0.315. The van der Waals surface area contributed by atoms with Gasteiger partial charge in [-0.2, -0.15) is 0 Å². The Bertz CT molecular complexity index is 377. The number of halogens is 1. The molecule has 18 heavy (non-hydrogen) atoms. The zero-order valence-electron chi connectivity index (χ0n) is 11.6. The fraction of sp³-hybridized carbons (Fsp3) is 0.600. The van der Waals surface area contributed by atoms with E-state index < -0.39 is 0 Å². The molecule has 1 aromatic rings. The van der Waals surface area contributed by atoms with E-state index in [1.165, 1.54) is 5.56 Å². The first kappa shape index (κ1) is 15.5. The number of benzene rings is 1. The van der Waals surface area contributed by atoms with Gasteiger partial charge < -0.3 is 10.5 Å². The fourth-order valence-electron chi connectivity index (χ4n) is 1.61. The van der Waals surface area contributed by atoms with Gasteiger partial charge in [0.05, 0.1) is 11.1 Å². The molecule has 3 heteroatoms. The fourth-order valence-corrected chi connectivity index (χ4v) is 2.15. The van der Waals surface area contributed by atoms with E-state index in [9.17, 15) is 0 Å². The topological polar surface area (TPSA) is 35.2 Å². The van der Waals surface area contributed by atoms with Gasteiger partial charge in [-0.3, -0.25) is 0 Å². The smallest absolute Gasteiger partial charge is 0.133 e. The van der Waals surface area contributed by atoms with E-state index in [0.717, 1.165) is 42.6 Å². The van der Waals surface area contributed by atoms with E-state index >= 15 is 0 Å². The van der Waals surface area contributed by atoms with Crippen molar-refractivity contribution in [2.75, 3.05) is 13.2 Å². The molecule has 0 saturated carbocycles. The Balaban J connectivity index is 2.61. The molecule has 0 aromatic heterocycles. The second kappa shape index (κ2) is 7.15. The predicted molar refractivity (Wildman–Crippen MR) is 81.1 cm³/mol. The molecule has 0 unspecified atom stereocenters. The van der Waals surface area contributed by atoms with Crippen molar-refractivity contribution in [1.29, 1.82) is 0 Å². The van der Waals surface area contributed by atoms with Gasteiger partial charge in [-0.15, -0.1) is 0 Å². The van der Waals surface area contributed by atoms with Gasteiger partial charge in [0, 0.05) is 0 Å². The van der Waals surface area contributed by atoms with E-state index in [2.05, 4.69) is 48.8 Å². The lowest BCUT2D eigenvalue weighted by Gasteiger charge is -2.22. The maximum Gasteiger partial charge on any atom is 0.133 e. The SMILES string of the molecule is CCCOc1ccc(CCC(C)(C)CN)cc1Br. The van der Waals surface area contributed by atoms with Crippen LogP contribution in [0, 0.1) is 5.41 Å². The Morgan fingerprint density at radius 1 is 1.33 bits per heavy atom. The first-order chi connectivity index (χ1) is 8.48. The van der Waals surface area contributed by atoms with Gasteiger partial charge in [0.25, 0.3) is 0 Å². The Morgan fingerprint density at radius 3 is 2.61 bits per heavy atom. The third-order valence-corrected chi connectivity index (χ3v) is 3.72. The van der Waals surface area contributed by atoms with Crippen LogP contribution in [0.2, 0.25) is 0 Å². The van der Waals surface area contributed by atoms with Gasteiger partial charge in [0.1, 0.15) is 5.75 Å². The molecule has 0 heterocycles. The molecule has 102 valence electrons. The van der Waals surface area contributed by atoms with Crippen LogP contribution in [0.25, 0.3) is 0 Å². The van der Waals surface area contributed by atoms with E-state index in [1.54, 1.807) is 0 Å². The van der Waals surface area contributed by atoms with Crippen LogP contribution in [-0.4, -0.2) is 13.2 Å².